The van der Waals surface area contributed by atoms with Gasteiger partial charge in [-0.2, -0.15) is 0 Å². The number of nitrogens with zero attached hydrogens (tertiary/aromatic N) is 1. The number of amides is 2. The van der Waals surface area contributed by atoms with Crippen molar-refractivity contribution in [2.45, 2.75) is 33.2 Å². The van der Waals surface area contributed by atoms with E-state index in [-0.39, 0.29) is 24.4 Å². The van der Waals surface area contributed by atoms with Gasteiger partial charge in [-0.15, -0.1) is 11.8 Å². The van der Waals surface area contributed by atoms with E-state index in [0.717, 1.165) is 12.0 Å². The molecule has 1 saturated heterocycles. The minimum absolute atomic E-state index is 0.0471. The van der Waals surface area contributed by atoms with E-state index in [9.17, 15) is 9.59 Å². The van der Waals surface area contributed by atoms with Crippen LogP contribution >= 0.6 is 11.8 Å². The van der Waals surface area contributed by atoms with Crippen molar-refractivity contribution in [1.82, 2.24) is 10.2 Å². The van der Waals surface area contributed by atoms with Crippen LogP contribution in [0.4, 0.5) is 0 Å². The minimum atomic E-state index is -0.102. The van der Waals surface area contributed by atoms with Crippen LogP contribution in [0.2, 0.25) is 0 Å². The first kappa shape index (κ1) is 16.9. The standard InChI is InChI=1S/C17H24N2O2S/c1-12(2)8-14-4-6-15(7-5-14)13(3)18-16(20)9-19-11-22-10-17(19)21/h4-7,12-13H,8-11H2,1-3H3,(H,18,20). The molecule has 1 aromatic carbocycles. The molecule has 1 aliphatic heterocycles. The average molecular weight is 320 g/mol. The van der Waals surface area contributed by atoms with E-state index in [1.165, 1.54) is 5.56 Å². The summed E-state index contributed by atoms with van der Waals surface area (Å²) in [5.41, 5.74) is 2.40. The second-order valence-corrected chi connectivity index (χ2v) is 7.15. The molecule has 1 aliphatic rings. The van der Waals surface area contributed by atoms with Gasteiger partial charge in [0.2, 0.25) is 11.8 Å². The van der Waals surface area contributed by atoms with E-state index in [0.29, 0.717) is 17.5 Å². The highest BCUT2D eigenvalue weighted by atomic mass is 32.2. The zero-order valence-corrected chi connectivity index (χ0v) is 14.3. The summed E-state index contributed by atoms with van der Waals surface area (Å²) in [6.07, 6.45) is 1.07. The van der Waals surface area contributed by atoms with Crippen LogP contribution in [0.5, 0.6) is 0 Å². The maximum Gasteiger partial charge on any atom is 0.240 e. The lowest BCUT2D eigenvalue weighted by Gasteiger charge is -2.18. The smallest absolute Gasteiger partial charge is 0.240 e. The molecular formula is C17H24N2O2S. The zero-order chi connectivity index (χ0) is 16.1. The third kappa shape index (κ3) is 4.77. The van der Waals surface area contributed by atoms with Crippen LogP contribution < -0.4 is 5.32 Å². The molecule has 1 aromatic rings. The van der Waals surface area contributed by atoms with Crippen molar-refractivity contribution in [1.29, 1.82) is 0 Å². The van der Waals surface area contributed by atoms with Gasteiger partial charge in [0, 0.05) is 0 Å². The summed E-state index contributed by atoms with van der Waals surface area (Å²) < 4.78 is 0. The van der Waals surface area contributed by atoms with Crippen LogP contribution in [0.1, 0.15) is 37.9 Å². The summed E-state index contributed by atoms with van der Waals surface area (Å²) in [7, 11) is 0. The molecule has 0 saturated carbocycles. The third-order valence-corrected chi connectivity index (χ3v) is 4.61. The second-order valence-electron chi connectivity index (χ2n) is 6.20. The van der Waals surface area contributed by atoms with Gasteiger partial charge in [0.1, 0.15) is 6.54 Å². The SMILES string of the molecule is CC(C)Cc1ccc(C(C)NC(=O)CN2CSCC2=O)cc1. The minimum Gasteiger partial charge on any atom is -0.348 e. The van der Waals surface area contributed by atoms with Crippen LogP contribution in [0, 0.1) is 5.92 Å². The van der Waals surface area contributed by atoms with Gasteiger partial charge < -0.3 is 10.2 Å². The maximum atomic E-state index is 12.0. The van der Waals surface area contributed by atoms with Crippen molar-refractivity contribution in [3.8, 4) is 0 Å². The van der Waals surface area contributed by atoms with E-state index in [4.69, 9.17) is 0 Å². The Bertz CT molecular complexity index is 528. The predicted molar refractivity (Wildman–Crippen MR) is 90.6 cm³/mol. The van der Waals surface area contributed by atoms with Crippen LogP contribution in [-0.4, -0.2) is 34.9 Å². The van der Waals surface area contributed by atoms with E-state index >= 15 is 0 Å². The molecule has 0 radical (unpaired) electrons. The Balaban J connectivity index is 1.86. The summed E-state index contributed by atoms with van der Waals surface area (Å²) in [5, 5.41) is 2.96. The first-order valence-corrected chi connectivity index (χ1v) is 8.85. The highest BCUT2D eigenvalue weighted by Crippen LogP contribution is 2.17. The quantitative estimate of drug-likeness (QED) is 0.876. The fraction of sp³-hybridized carbons (Fsp3) is 0.529. The molecule has 0 bridgehead atoms. The van der Waals surface area contributed by atoms with Crippen molar-refractivity contribution in [3.05, 3.63) is 35.4 Å². The predicted octanol–water partition coefficient (Wildman–Crippen LogP) is 2.60. The summed E-state index contributed by atoms with van der Waals surface area (Å²) >= 11 is 1.55. The Hall–Kier alpha value is -1.49. The summed E-state index contributed by atoms with van der Waals surface area (Å²) in [5.74, 6) is 1.68. The third-order valence-electron chi connectivity index (χ3n) is 3.66. The summed E-state index contributed by atoms with van der Waals surface area (Å²) in [6, 6.07) is 8.34. The number of hydrogen-bond donors (Lipinski definition) is 1. The monoisotopic (exact) mass is 320 g/mol. The second kappa shape index (κ2) is 7.68. The van der Waals surface area contributed by atoms with Crippen molar-refractivity contribution in [3.63, 3.8) is 0 Å². The molecule has 1 N–H and O–H groups in total. The number of carbonyl (C=O) groups excluding carboxylic acids is 2. The molecule has 0 spiro atoms. The Morgan fingerprint density at radius 1 is 1.27 bits per heavy atom. The molecule has 1 heterocycles. The maximum absolute atomic E-state index is 12.0. The van der Waals surface area contributed by atoms with Gasteiger partial charge in [0.15, 0.2) is 0 Å². The Labute approximate surface area is 136 Å². The van der Waals surface area contributed by atoms with Crippen molar-refractivity contribution >= 4 is 23.6 Å². The van der Waals surface area contributed by atoms with Gasteiger partial charge in [-0.25, -0.2) is 0 Å². The van der Waals surface area contributed by atoms with Crippen LogP contribution in [-0.2, 0) is 16.0 Å². The molecule has 120 valence electrons. The number of nitrogens with one attached hydrogen (secondary N) is 1. The number of thioether (sulfide) groups is 1. The van der Waals surface area contributed by atoms with Crippen molar-refractivity contribution in [2.75, 3.05) is 18.2 Å². The molecule has 1 atom stereocenters. The van der Waals surface area contributed by atoms with E-state index < -0.39 is 0 Å². The Morgan fingerprint density at radius 2 is 1.95 bits per heavy atom. The normalized spacial score (nSPS) is 16.2. The first-order chi connectivity index (χ1) is 10.5. The molecule has 1 fully saturated rings. The molecule has 22 heavy (non-hydrogen) atoms. The fourth-order valence-corrected chi connectivity index (χ4v) is 3.40. The van der Waals surface area contributed by atoms with Gasteiger partial charge in [0.25, 0.3) is 0 Å². The lowest BCUT2D eigenvalue weighted by atomic mass is 10.00. The first-order valence-electron chi connectivity index (χ1n) is 7.69. The molecular weight excluding hydrogens is 296 g/mol. The summed E-state index contributed by atoms with van der Waals surface area (Å²) in [4.78, 5) is 25.1. The number of hydrogen-bond acceptors (Lipinski definition) is 3. The molecule has 0 aromatic heterocycles. The van der Waals surface area contributed by atoms with Gasteiger partial charge in [-0.05, 0) is 30.4 Å². The van der Waals surface area contributed by atoms with Gasteiger partial charge in [-0.1, -0.05) is 38.1 Å². The number of carbonyl (C=O) groups is 2. The highest BCUT2D eigenvalue weighted by Gasteiger charge is 2.23. The fourth-order valence-electron chi connectivity index (χ4n) is 2.50. The highest BCUT2D eigenvalue weighted by molar-refractivity contribution is 8.00. The zero-order valence-electron chi connectivity index (χ0n) is 13.5. The van der Waals surface area contributed by atoms with Crippen molar-refractivity contribution in [2.24, 2.45) is 5.92 Å². The molecule has 2 amide bonds. The van der Waals surface area contributed by atoms with Gasteiger partial charge in [-0.3, -0.25) is 9.59 Å². The van der Waals surface area contributed by atoms with Crippen LogP contribution in [0.25, 0.3) is 0 Å². The van der Waals surface area contributed by atoms with Gasteiger partial charge >= 0.3 is 0 Å². The lowest BCUT2D eigenvalue weighted by molar-refractivity contribution is -0.132. The van der Waals surface area contributed by atoms with E-state index in [1.54, 1.807) is 16.7 Å². The largest absolute Gasteiger partial charge is 0.348 e. The average Bonchev–Trinajstić information content (AvgIpc) is 2.84. The van der Waals surface area contributed by atoms with Crippen LogP contribution in [0.3, 0.4) is 0 Å². The summed E-state index contributed by atoms with van der Waals surface area (Å²) in [6.45, 7) is 6.53. The van der Waals surface area contributed by atoms with Crippen LogP contribution in [0.15, 0.2) is 24.3 Å². The molecule has 2 rings (SSSR count). The van der Waals surface area contributed by atoms with E-state index in [2.05, 4.69) is 43.4 Å². The number of rotatable bonds is 6. The Morgan fingerprint density at radius 3 is 2.50 bits per heavy atom. The number of benzene rings is 1. The van der Waals surface area contributed by atoms with Gasteiger partial charge in [0.05, 0.1) is 17.7 Å². The lowest BCUT2D eigenvalue weighted by Crippen LogP contribution is -2.39. The molecule has 1 unspecified atom stereocenters. The topological polar surface area (TPSA) is 49.4 Å². The Kier molecular flexibility index (Phi) is 5.89. The molecule has 0 aliphatic carbocycles. The molecule has 4 nitrogen and oxygen atoms in total. The van der Waals surface area contributed by atoms with E-state index in [1.807, 2.05) is 6.92 Å². The molecule has 5 heteroatoms. The van der Waals surface area contributed by atoms with Crippen molar-refractivity contribution < 1.29 is 9.59 Å².